The fourth-order valence-electron chi connectivity index (χ4n) is 3.46. The van der Waals surface area contributed by atoms with Gasteiger partial charge in [-0.2, -0.15) is 5.26 Å². The standard InChI is InChI=1S/C21H22N2O5S/c1-3-9-28-17-6-4-15(5-7-17)11-18-14(2)19(12-22)21(25)23(20(18)24)16-8-10-29(26,27)13-16/h4-7,11,16H,3,8-10,13H2,1-2H3/b18-11+/t16-/m1/s1. The number of benzene rings is 1. The molecule has 152 valence electrons. The first kappa shape index (κ1) is 20.8. The zero-order valence-electron chi connectivity index (χ0n) is 16.3. The third-order valence-corrected chi connectivity index (χ3v) is 6.76. The van der Waals surface area contributed by atoms with Crippen LogP contribution in [0.5, 0.6) is 5.75 Å². The predicted octanol–water partition coefficient (Wildman–Crippen LogP) is 2.25. The molecule has 0 spiro atoms. The molecule has 1 aromatic rings. The first-order valence-electron chi connectivity index (χ1n) is 9.41. The van der Waals surface area contributed by atoms with E-state index in [1.54, 1.807) is 37.3 Å². The maximum absolute atomic E-state index is 13.1. The van der Waals surface area contributed by atoms with Crippen molar-refractivity contribution < 1.29 is 22.7 Å². The quantitative estimate of drug-likeness (QED) is 0.541. The molecule has 2 aliphatic rings. The van der Waals surface area contributed by atoms with Crippen molar-refractivity contribution >= 4 is 27.7 Å². The van der Waals surface area contributed by atoms with E-state index in [1.807, 2.05) is 13.0 Å². The van der Waals surface area contributed by atoms with E-state index in [-0.39, 0.29) is 29.1 Å². The Bertz CT molecular complexity index is 1050. The maximum Gasteiger partial charge on any atom is 0.271 e. The first-order chi connectivity index (χ1) is 13.8. The Labute approximate surface area is 170 Å². The van der Waals surface area contributed by atoms with Gasteiger partial charge in [0.15, 0.2) is 9.84 Å². The van der Waals surface area contributed by atoms with Gasteiger partial charge in [0.25, 0.3) is 11.8 Å². The van der Waals surface area contributed by atoms with E-state index in [0.29, 0.717) is 23.5 Å². The molecule has 0 radical (unpaired) electrons. The number of sulfone groups is 1. The molecule has 2 aliphatic heterocycles. The van der Waals surface area contributed by atoms with Gasteiger partial charge in [0, 0.05) is 5.57 Å². The highest BCUT2D eigenvalue weighted by Crippen LogP contribution is 2.31. The van der Waals surface area contributed by atoms with Crippen LogP contribution in [0.1, 0.15) is 32.3 Å². The molecular formula is C21H22N2O5S. The number of nitrogens with zero attached hydrogens (tertiary/aromatic N) is 2. The van der Waals surface area contributed by atoms with Crippen LogP contribution in [0.2, 0.25) is 0 Å². The number of ether oxygens (including phenoxy) is 1. The van der Waals surface area contributed by atoms with Crippen molar-refractivity contribution in [3.05, 3.63) is 46.5 Å². The molecule has 0 unspecified atom stereocenters. The molecule has 2 amide bonds. The van der Waals surface area contributed by atoms with Crippen molar-refractivity contribution in [2.75, 3.05) is 18.1 Å². The number of hydrogen-bond acceptors (Lipinski definition) is 6. The summed E-state index contributed by atoms with van der Waals surface area (Å²) >= 11 is 0. The van der Waals surface area contributed by atoms with Crippen molar-refractivity contribution in [1.29, 1.82) is 5.26 Å². The average Bonchev–Trinajstić information content (AvgIpc) is 3.04. The van der Waals surface area contributed by atoms with Crippen LogP contribution >= 0.6 is 0 Å². The lowest BCUT2D eigenvalue weighted by atomic mass is 9.92. The van der Waals surface area contributed by atoms with Crippen LogP contribution in [0.15, 0.2) is 41.0 Å². The van der Waals surface area contributed by atoms with Crippen molar-refractivity contribution in [3.63, 3.8) is 0 Å². The van der Waals surface area contributed by atoms with Crippen molar-refractivity contribution in [3.8, 4) is 11.8 Å². The molecule has 1 fully saturated rings. The van der Waals surface area contributed by atoms with Crippen LogP contribution < -0.4 is 4.74 Å². The van der Waals surface area contributed by atoms with E-state index in [0.717, 1.165) is 11.3 Å². The molecule has 8 heteroatoms. The summed E-state index contributed by atoms with van der Waals surface area (Å²) in [4.78, 5) is 26.7. The van der Waals surface area contributed by atoms with Gasteiger partial charge in [-0.05, 0) is 49.1 Å². The number of imide groups is 1. The van der Waals surface area contributed by atoms with E-state index in [9.17, 15) is 23.3 Å². The van der Waals surface area contributed by atoms with Gasteiger partial charge in [-0.25, -0.2) is 8.42 Å². The third-order valence-electron chi connectivity index (χ3n) is 5.01. The Hall–Kier alpha value is -2.92. The van der Waals surface area contributed by atoms with E-state index in [2.05, 4.69) is 0 Å². The Morgan fingerprint density at radius 3 is 2.48 bits per heavy atom. The van der Waals surface area contributed by atoms with E-state index in [1.165, 1.54) is 0 Å². The number of carbonyl (C=O) groups is 2. The predicted molar refractivity (Wildman–Crippen MR) is 107 cm³/mol. The summed E-state index contributed by atoms with van der Waals surface area (Å²) in [5, 5.41) is 9.46. The lowest BCUT2D eigenvalue weighted by molar-refractivity contribution is -0.142. The molecule has 3 rings (SSSR count). The number of hydrogen-bond donors (Lipinski definition) is 0. The Kier molecular flexibility index (Phi) is 5.89. The minimum Gasteiger partial charge on any atom is -0.494 e. The number of nitriles is 1. The highest BCUT2D eigenvalue weighted by molar-refractivity contribution is 7.91. The second kappa shape index (κ2) is 8.21. The van der Waals surface area contributed by atoms with Gasteiger partial charge >= 0.3 is 0 Å². The summed E-state index contributed by atoms with van der Waals surface area (Å²) in [5.41, 5.74) is 1.09. The molecule has 0 aromatic heterocycles. The summed E-state index contributed by atoms with van der Waals surface area (Å²) in [5.74, 6) is -0.921. The number of rotatable bonds is 5. The molecule has 1 atom stereocenters. The van der Waals surface area contributed by atoms with Crippen LogP contribution in [0.4, 0.5) is 0 Å². The first-order valence-corrected chi connectivity index (χ1v) is 11.2. The Morgan fingerprint density at radius 2 is 1.93 bits per heavy atom. The monoisotopic (exact) mass is 414 g/mol. The Morgan fingerprint density at radius 1 is 1.24 bits per heavy atom. The van der Waals surface area contributed by atoms with Crippen molar-refractivity contribution in [2.24, 2.45) is 0 Å². The molecule has 29 heavy (non-hydrogen) atoms. The van der Waals surface area contributed by atoms with Crippen LogP contribution in [0.3, 0.4) is 0 Å². The minimum atomic E-state index is -3.30. The molecule has 0 saturated carbocycles. The van der Waals surface area contributed by atoms with Gasteiger partial charge in [-0.1, -0.05) is 19.1 Å². The van der Waals surface area contributed by atoms with E-state index < -0.39 is 27.7 Å². The average molecular weight is 414 g/mol. The van der Waals surface area contributed by atoms with Crippen LogP contribution in [0.25, 0.3) is 6.08 Å². The Balaban J connectivity index is 1.97. The molecule has 1 saturated heterocycles. The molecule has 0 N–H and O–H groups in total. The number of carbonyl (C=O) groups excluding carboxylic acids is 2. The fraction of sp³-hybridized carbons (Fsp3) is 0.381. The molecule has 1 aromatic carbocycles. The molecule has 0 bridgehead atoms. The zero-order chi connectivity index (χ0) is 21.2. The lowest BCUT2D eigenvalue weighted by Gasteiger charge is -2.31. The fourth-order valence-corrected chi connectivity index (χ4v) is 5.16. The molecule has 0 aliphatic carbocycles. The summed E-state index contributed by atoms with van der Waals surface area (Å²) in [6, 6.07) is 8.26. The van der Waals surface area contributed by atoms with E-state index in [4.69, 9.17) is 4.74 Å². The normalized spacial score (nSPS) is 22.9. The highest BCUT2D eigenvalue weighted by atomic mass is 32.2. The second-order valence-corrected chi connectivity index (χ2v) is 9.35. The summed E-state index contributed by atoms with van der Waals surface area (Å²) in [7, 11) is -3.30. The van der Waals surface area contributed by atoms with Gasteiger partial charge in [-0.3, -0.25) is 14.5 Å². The summed E-state index contributed by atoms with van der Waals surface area (Å²) < 4.78 is 29.2. The van der Waals surface area contributed by atoms with Crippen molar-refractivity contribution in [1.82, 2.24) is 4.90 Å². The topological polar surface area (TPSA) is 105 Å². The second-order valence-electron chi connectivity index (χ2n) is 7.12. The van der Waals surface area contributed by atoms with Gasteiger partial charge in [0.2, 0.25) is 0 Å². The van der Waals surface area contributed by atoms with Gasteiger partial charge in [0.1, 0.15) is 17.4 Å². The molecule has 7 nitrogen and oxygen atoms in total. The maximum atomic E-state index is 13.1. The summed E-state index contributed by atoms with van der Waals surface area (Å²) in [6.45, 7) is 4.17. The zero-order valence-corrected chi connectivity index (χ0v) is 17.2. The SMILES string of the molecule is CCCOc1ccc(/C=C2/C(=O)N([C@@H]3CCS(=O)(=O)C3)C(=O)C(C#N)=C2C)cc1. The van der Waals surface area contributed by atoms with Crippen molar-refractivity contribution in [2.45, 2.75) is 32.7 Å². The largest absolute Gasteiger partial charge is 0.494 e. The molecular weight excluding hydrogens is 392 g/mol. The lowest BCUT2D eigenvalue weighted by Crippen LogP contribution is -2.49. The molecule has 2 heterocycles. The third kappa shape index (κ3) is 4.25. The van der Waals surface area contributed by atoms with E-state index >= 15 is 0 Å². The van der Waals surface area contributed by atoms with Gasteiger partial charge < -0.3 is 4.74 Å². The van der Waals surface area contributed by atoms with Crippen LogP contribution in [-0.2, 0) is 19.4 Å². The highest BCUT2D eigenvalue weighted by Gasteiger charge is 2.43. The summed E-state index contributed by atoms with van der Waals surface area (Å²) in [6.07, 6.45) is 2.69. The minimum absolute atomic E-state index is 0.0718. The van der Waals surface area contributed by atoms with Crippen LogP contribution in [0, 0.1) is 11.3 Å². The van der Waals surface area contributed by atoms with Gasteiger partial charge in [0.05, 0.1) is 24.2 Å². The van der Waals surface area contributed by atoms with Gasteiger partial charge in [-0.15, -0.1) is 0 Å². The smallest absolute Gasteiger partial charge is 0.271 e. The number of amides is 2. The van der Waals surface area contributed by atoms with Crippen LogP contribution in [-0.4, -0.2) is 49.3 Å².